The van der Waals surface area contributed by atoms with E-state index < -0.39 is 42.4 Å². The van der Waals surface area contributed by atoms with Gasteiger partial charge in [0.2, 0.25) is 0 Å². The van der Waals surface area contributed by atoms with Gasteiger partial charge in [0, 0.05) is 12.0 Å². The summed E-state index contributed by atoms with van der Waals surface area (Å²) in [6.07, 6.45) is 0.749. The molecule has 0 aliphatic rings. The maximum atomic E-state index is 11.8. The third-order valence-electron chi connectivity index (χ3n) is 3.43. The van der Waals surface area contributed by atoms with Gasteiger partial charge in [0.05, 0.1) is 0 Å². The van der Waals surface area contributed by atoms with Crippen molar-refractivity contribution >= 4 is 23.9 Å². The van der Waals surface area contributed by atoms with E-state index in [2.05, 4.69) is 16.0 Å². The fourth-order valence-electron chi connectivity index (χ4n) is 2.08. The number of carbonyl (C=O) groups is 4. The van der Waals surface area contributed by atoms with Crippen LogP contribution in [-0.4, -0.2) is 63.4 Å². The topological polar surface area (TPSA) is 165 Å². The Morgan fingerprint density at radius 2 is 1.35 bits per heavy atom. The third-order valence-corrected chi connectivity index (χ3v) is 3.43. The number of carboxylic acid groups (broad SMARTS) is 3. The van der Waals surface area contributed by atoms with Crippen molar-refractivity contribution in [1.82, 2.24) is 16.0 Å². The predicted molar refractivity (Wildman–Crippen MR) is 93.0 cm³/mol. The van der Waals surface area contributed by atoms with Gasteiger partial charge in [-0.3, -0.25) is 4.79 Å². The van der Waals surface area contributed by atoms with E-state index in [1.54, 1.807) is 0 Å². The highest BCUT2D eigenvalue weighted by Gasteiger charge is 2.24. The second-order valence-electron chi connectivity index (χ2n) is 7.00. The van der Waals surface area contributed by atoms with Gasteiger partial charge in [-0.05, 0) is 53.0 Å². The van der Waals surface area contributed by atoms with Gasteiger partial charge in [0.25, 0.3) is 0 Å². The quantitative estimate of drug-likeness (QED) is 0.270. The van der Waals surface area contributed by atoms with E-state index in [9.17, 15) is 24.3 Å². The lowest BCUT2D eigenvalue weighted by Gasteiger charge is -2.21. The van der Waals surface area contributed by atoms with Crippen LogP contribution in [0.15, 0.2) is 0 Å². The third kappa shape index (κ3) is 12.1. The van der Waals surface area contributed by atoms with Crippen LogP contribution in [-0.2, 0) is 14.4 Å². The maximum Gasteiger partial charge on any atom is 0.326 e. The fourth-order valence-corrected chi connectivity index (χ4v) is 2.08. The lowest BCUT2D eigenvalue weighted by atomic mass is 10.1. The van der Waals surface area contributed by atoms with Gasteiger partial charge >= 0.3 is 23.9 Å². The summed E-state index contributed by atoms with van der Waals surface area (Å²) in [5.41, 5.74) is -0.0356. The molecule has 2 unspecified atom stereocenters. The molecule has 0 saturated heterocycles. The van der Waals surface area contributed by atoms with Crippen molar-refractivity contribution in [2.24, 2.45) is 0 Å². The zero-order valence-corrected chi connectivity index (χ0v) is 15.4. The van der Waals surface area contributed by atoms with Crippen molar-refractivity contribution in [3.8, 4) is 0 Å². The Kier molecular flexibility index (Phi) is 10.3. The van der Waals surface area contributed by atoms with Gasteiger partial charge in [-0.15, -0.1) is 0 Å². The molecule has 0 aromatic heterocycles. The van der Waals surface area contributed by atoms with E-state index in [0.29, 0.717) is 13.0 Å². The first-order valence-corrected chi connectivity index (χ1v) is 8.42. The Morgan fingerprint density at radius 1 is 0.846 bits per heavy atom. The van der Waals surface area contributed by atoms with Gasteiger partial charge in [0.1, 0.15) is 12.1 Å². The first-order chi connectivity index (χ1) is 11.9. The smallest absolute Gasteiger partial charge is 0.326 e. The molecule has 0 fully saturated rings. The van der Waals surface area contributed by atoms with Crippen LogP contribution >= 0.6 is 0 Å². The Labute approximate surface area is 152 Å². The average molecular weight is 375 g/mol. The first kappa shape index (κ1) is 23.6. The zero-order valence-electron chi connectivity index (χ0n) is 15.4. The maximum absolute atomic E-state index is 11.8. The summed E-state index contributed by atoms with van der Waals surface area (Å²) in [4.78, 5) is 44.6. The minimum absolute atomic E-state index is 0.0356. The summed E-state index contributed by atoms with van der Waals surface area (Å²) in [5.74, 6) is -3.80. The molecule has 0 saturated carbocycles. The molecule has 26 heavy (non-hydrogen) atoms. The van der Waals surface area contributed by atoms with Gasteiger partial charge in [-0.2, -0.15) is 0 Å². The minimum atomic E-state index is -1.41. The Hall–Kier alpha value is -2.36. The molecule has 10 heteroatoms. The van der Waals surface area contributed by atoms with Crippen molar-refractivity contribution in [3.63, 3.8) is 0 Å². The van der Waals surface area contributed by atoms with Crippen molar-refractivity contribution in [3.05, 3.63) is 0 Å². The second-order valence-corrected chi connectivity index (χ2v) is 7.00. The van der Waals surface area contributed by atoms with Gasteiger partial charge < -0.3 is 31.3 Å². The van der Waals surface area contributed by atoms with Crippen LogP contribution < -0.4 is 16.0 Å². The fraction of sp³-hybridized carbons (Fsp3) is 0.750. The van der Waals surface area contributed by atoms with Gasteiger partial charge in [0.15, 0.2) is 0 Å². The van der Waals surface area contributed by atoms with Crippen LogP contribution in [0.5, 0.6) is 0 Å². The number of hydrogen-bond donors (Lipinski definition) is 6. The van der Waals surface area contributed by atoms with E-state index in [1.165, 1.54) is 0 Å². The molecule has 0 aromatic rings. The largest absolute Gasteiger partial charge is 0.481 e. The molecular formula is C16H29N3O7. The van der Waals surface area contributed by atoms with Crippen molar-refractivity contribution in [2.45, 2.75) is 70.5 Å². The molecule has 10 nitrogen and oxygen atoms in total. The predicted octanol–water partition coefficient (Wildman–Crippen LogP) is 0.615. The lowest BCUT2D eigenvalue weighted by molar-refractivity contribution is -0.140. The van der Waals surface area contributed by atoms with Gasteiger partial charge in [-0.25, -0.2) is 14.4 Å². The highest BCUT2D eigenvalue weighted by molar-refractivity contribution is 5.86. The number of amides is 2. The van der Waals surface area contributed by atoms with Crippen LogP contribution in [0.3, 0.4) is 0 Å². The van der Waals surface area contributed by atoms with E-state index in [0.717, 1.165) is 6.42 Å². The summed E-state index contributed by atoms with van der Waals surface area (Å²) in [5, 5.41) is 34.3. The molecule has 0 bridgehead atoms. The SMILES string of the molecule is CC(C)(C)NCCCCC(NC(=O)NC(CCC(=O)O)C(=O)O)C(=O)O. The Bertz CT molecular complexity index is 503. The molecule has 0 aliphatic carbocycles. The second kappa shape index (κ2) is 11.3. The van der Waals surface area contributed by atoms with Crippen LogP contribution in [0.25, 0.3) is 0 Å². The number of rotatable bonds is 12. The minimum Gasteiger partial charge on any atom is -0.481 e. The zero-order chi connectivity index (χ0) is 20.3. The lowest BCUT2D eigenvalue weighted by Crippen LogP contribution is -2.51. The number of urea groups is 1. The number of hydrogen-bond acceptors (Lipinski definition) is 5. The first-order valence-electron chi connectivity index (χ1n) is 8.42. The van der Waals surface area contributed by atoms with E-state index >= 15 is 0 Å². The molecular weight excluding hydrogens is 346 g/mol. The molecule has 0 spiro atoms. The van der Waals surface area contributed by atoms with Crippen molar-refractivity contribution in [1.29, 1.82) is 0 Å². The number of nitrogens with one attached hydrogen (secondary N) is 3. The van der Waals surface area contributed by atoms with Crippen LogP contribution in [0.1, 0.15) is 52.9 Å². The molecule has 2 amide bonds. The van der Waals surface area contributed by atoms with Gasteiger partial charge in [-0.1, -0.05) is 0 Å². The Balaban J connectivity index is 4.41. The normalized spacial score (nSPS) is 13.5. The highest BCUT2D eigenvalue weighted by Crippen LogP contribution is 2.04. The van der Waals surface area contributed by atoms with E-state index in [1.807, 2.05) is 20.8 Å². The molecule has 0 aliphatic heterocycles. The monoisotopic (exact) mass is 375 g/mol. The summed E-state index contributed by atoms with van der Waals surface area (Å²) < 4.78 is 0. The molecule has 0 radical (unpaired) electrons. The van der Waals surface area contributed by atoms with Crippen molar-refractivity contribution < 1.29 is 34.5 Å². The molecule has 0 heterocycles. The number of aliphatic carboxylic acids is 3. The van der Waals surface area contributed by atoms with Crippen LogP contribution in [0, 0.1) is 0 Å². The van der Waals surface area contributed by atoms with E-state index in [4.69, 9.17) is 10.2 Å². The molecule has 0 rings (SSSR count). The van der Waals surface area contributed by atoms with E-state index in [-0.39, 0.29) is 18.4 Å². The molecule has 150 valence electrons. The van der Waals surface area contributed by atoms with Crippen LogP contribution in [0.2, 0.25) is 0 Å². The summed E-state index contributed by atoms with van der Waals surface area (Å²) >= 11 is 0. The summed E-state index contributed by atoms with van der Waals surface area (Å²) in [7, 11) is 0. The summed E-state index contributed by atoms with van der Waals surface area (Å²) in [6, 6.07) is -3.52. The van der Waals surface area contributed by atoms with Crippen molar-refractivity contribution in [2.75, 3.05) is 6.54 Å². The average Bonchev–Trinajstić information content (AvgIpc) is 2.48. The molecule has 2 atom stereocenters. The number of carbonyl (C=O) groups excluding carboxylic acids is 1. The standard InChI is InChI=1S/C16H29N3O7/c1-16(2,3)17-9-5-4-6-10(13(22)23)18-15(26)19-11(14(24)25)7-8-12(20)21/h10-11,17H,4-9H2,1-3H3,(H,20,21)(H,22,23)(H,24,25)(H2,18,19,26). The highest BCUT2D eigenvalue weighted by atomic mass is 16.4. The number of carboxylic acids is 3. The van der Waals surface area contributed by atoms with Crippen LogP contribution in [0.4, 0.5) is 4.79 Å². The molecule has 0 aromatic carbocycles. The molecule has 6 N–H and O–H groups in total. The Morgan fingerprint density at radius 3 is 1.77 bits per heavy atom. The summed E-state index contributed by atoms with van der Waals surface area (Å²) in [6.45, 7) is 6.75. The number of unbranched alkanes of at least 4 members (excludes halogenated alkanes) is 1.